The summed E-state index contributed by atoms with van der Waals surface area (Å²) in [6.45, 7) is 32.5. The summed E-state index contributed by atoms with van der Waals surface area (Å²) in [7, 11) is 7.85. The van der Waals surface area contributed by atoms with E-state index in [2.05, 4.69) is 38.8 Å². The van der Waals surface area contributed by atoms with Crippen molar-refractivity contribution in [1.29, 1.82) is 0 Å². The molecule has 4 N–H and O–H groups in total. The predicted octanol–water partition coefficient (Wildman–Crippen LogP) is 14.1. The smallest absolute Gasteiger partial charge is 0.306 e. The molecule has 30 heteroatoms. The zero-order valence-electron chi connectivity index (χ0n) is 74.8. The molecule has 11 rings (SSSR count). The fraction of sp³-hybridized carbons (Fsp3) is 0.532. The molecule has 124 heavy (non-hydrogen) atoms. The number of esters is 8. The molecule has 30 nitrogen and oxygen atoms in total. The molecule has 0 aliphatic carbocycles. The first-order valence-electron chi connectivity index (χ1n) is 42.4. The molecule has 0 aromatic carbocycles. The third-order valence-electron chi connectivity index (χ3n) is 27.2. The number of aliphatic carboxylic acids is 1. The van der Waals surface area contributed by atoms with E-state index in [0.29, 0.717) is 99.5 Å². The van der Waals surface area contributed by atoms with E-state index >= 15 is 4.79 Å². The van der Waals surface area contributed by atoms with Crippen molar-refractivity contribution in [2.75, 3.05) is 69.1 Å². The van der Waals surface area contributed by atoms with Crippen molar-refractivity contribution in [2.24, 2.45) is 60.3 Å². The van der Waals surface area contributed by atoms with E-state index in [4.69, 9.17) is 67.6 Å². The number of hydrogen-bond acceptors (Lipinski definition) is 26. The van der Waals surface area contributed by atoms with Crippen LogP contribution in [0.2, 0.25) is 0 Å². The van der Waals surface area contributed by atoms with Gasteiger partial charge in [-0.15, -0.1) is 5.10 Å². The van der Waals surface area contributed by atoms with Gasteiger partial charge in [0.25, 0.3) is 0 Å². The molecule has 1 fully saturated rings. The van der Waals surface area contributed by atoms with Crippen molar-refractivity contribution < 1.29 is 90.9 Å². The van der Waals surface area contributed by atoms with Gasteiger partial charge in [0.2, 0.25) is 0 Å². The van der Waals surface area contributed by atoms with Gasteiger partial charge in [0.05, 0.1) is 134 Å². The van der Waals surface area contributed by atoms with Crippen LogP contribution in [0, 0.1) is 59.2 Å². The lowest BCUT2D eigenvalue weighted by molar-refractivity contribution is -0.147. The third-order valence-corrected chi connectivity index (χ3v) is 27.2. The number of nitrogens with zero attached hydrogens (tertiary/aromatic N) is 8. The molecule has 9 atom stereocenters. The van der Waals surface area contributed by atoms with Gasteiger partial charge in [0.1, 0.15) is 6.61 Å². The van der Waals surface area contributed by atoms with Crippen LogP contribution in [0.4, 0.5) is 0 Å². The molecule has 0 radical (unpaired) electrons. The standard InChI is InChI=1S/C94H119N11O19/c1-21-58-51(3)66-43-67-54(6)61(73(97-67)46-72-60(25-30-76(106)107)53(5)69(98-72)45-71-59(22-2)52(4)68(96-71)44-70(58)95-66)26-31-81(112)124-41-40-122-39-37-105-50-57(103-104-105)24-23-38-123-84(115)48-92(12)62(27-32-77(108)116-15)74-47-75-90(9,10)63(28-33-78(109)117-16)85(100-75)55(7)87-91(11,36-35-80(111)119-18)65(42-82(113)120-19)89(101-87)94(14)93(13,49-83(114)121-20)64(29-34-79(110)118-17)86(102-94)56(8)88(92)99-74/h21-22,43-47,50,62-65,89,95,98,101H,1-2,23-42,48-49H2,3-20H3,(H,106,107)/b66-43?,67-43?,68-44?,69-45?,70-44?,71-45?,72-46?,73-46?,75-47-,87-55-,88-56-/t62-,63-,64-,65+,89?,91-,92+,93+,94+/m1/s1. The summed E-state index contributed by atoms with van der Waals surface area (Å²) in [6, 6.07) is 7.04. The van der Waals surface area contributed by atoms with Crippen LogP contribution in [0.15, 0.2) is 99.0 Å². The second-order valence-corrected chi connectivity index (χ2v) is 34.6. The van der Waals surface area contributed by atoms with Crippen LogP contribution in [-0.4, -0.2) is 192 Å². The van der Waals surface area contributed by atoms with Crippen LogP contribution in [0.25, 0.3) is 50.4 Å². The average molecular weight is 1710 g/mol. The summed E-state index contributed by atoms with van der Waals surface area (Å²) in [6.07, 6.45) is 8.32. The summed E-state index contributed by atoms with van der Waals surface area (Å²) in [4.78, 5) is 157. The summed E-state index contributed by atoms with van der Waals surface area (Å²) >= 11 is 0. The van der Waals surface area contributed by atoms with Crippen LogP contribution in [0.1, 0.15) is 216 Å². The van der Waals surface area contributed by atoms with Crippen LogP contribution < -0.4 is 5.32 Å². The van der Waals surface area contributed by atoms with Gasteiger partial charge in [0.15, 0.2) is 0 Å². The Kier molecular flexibility index (Phi) is 29.1. The maximum absolute atomic E-state index is 15.0. The van der Waals surface area contributed by atoms with Gasteiger partial charge in [-0.2, -0.15) is 0 Å². The Morgan fingerprint density at radius 1 is 0.548 bits per heavy atom. The number of methoxy groups -OCH3 is 6. The van der Waals surface area contributed by atoms with Crippen molar-refractivity contribution in [3.63, 3.8) is 0 Å². The van der Waals surface area contributed by atoms with E-state index in [1.54, 1.807) is 17.0 Å². The second-order valence-electron chi connectivity index (χ2n) is 34.6. The number of carboxylic acid groups (broad SMARTS) is 1. The highest BCUT2D eigenvalue weighted by molar-refractivity contribution is 6.10. The van der Waals surface area contributed by atoms with Gasteiger partial charge in [-0.05, 0) is 175 Å². The molecule has 11 heterocycles. The molecule has 664 valence electrons. The van der Waals surface area contributed by atoms with E-state index in [1.165, 1.54) is 42.7 Å². The zero-order valence-corrected chi connectivity index (χ0v) is 74.8. The monoisotopic (exact) mass is 1710 g/mol. The molecule has 7 aliphatic heterocycles. The SMILES string of the molecule is C=CC1=C(C)c2cc3[nH]c(cc4nc(cc5[nH]c(cc1n2)c(C)c5CCC(=O)O)C(CCC(=O)OCCOCCn1cc(CCCOC(=O)C[C@]2(C)/C5=C(\C)C6=N[C@@](C)(C7N/C(=C(/C)C8=N/C(=C\C(=N5)[C@H]2CCC(=O)OC)C(C)(C)[C@@H]8CCC(=O)OC)[C@](C)(CCC(=O)OC)[C@H]7CC(=O)OC)[C@@](C)(CC(=O)OC)[C@@H]6CCC(=O)OC)nn1)=C4C)c(C)c3C=C. The maximum atomic E-state index is 15.0. The first-order valence-corrected chi connectivity index (χ1v) is 42.4. The van der Waals surface area contributed by atoms with Crippen molar-refractivity contribution in [3.05, 3.63) is 135 Å². The Balaban J connectivity index is 0.814. The maximum Gasteiger partial charge on any atom is 0.306 e. The minimum absolute atomic E-state index is 0.00771. The molecule has 0 saturated carbocycles. The molecule has 0 spiro atoms. The lowest BCUT2D eigenvalue weighted by Crippen LogP contribution is -2.58. The van der Waals surface area contributed by atoms with E-state index in [9.17, 15) is 43.5 Å². The Morgan fingerprint density at radius 3 is 1.80 bits per heavy atom. The fourth-order valence-electron chi connectivity index (χ4n) is 19.7. The van der Waals surface area contributed by atoms with Gasteiger partial charge in [-0.25, -0.2) is 14.6 Å². The van der Waals surface area contributed by atoms with E-state index in [0.717, 1.165) is 66.8 Å². The van der Waals surface area contributed by atoms with Gasteiger partial charge < -0.3 is 63.0 Å². The summed E-state index contributed by atoms with van der Waals surface area (Å²) in [5, 5.41) is 22.5. The summed E-state index contributed by atoms with van der Waals surface area (Å²) in [5.74, 6) is -7.65. The largest absolute Gasteiger partial charge is 0.481 e. The van der Waals surface area contributed by atoms with Crippen molar-refractivity contribution in [2.45, 2.75) is 210 Å². The number of hydrogen-bond donors (Lipinski definition) is 4. The molecule has 0 amide bonds. The topological polar surface area (TPSA) is 394 Å². The number of ether oxygens (including phenoxy) is 9. The quantitative estimate of drug-likeness (QED) is 0.0187. The molecular formula is C94H119N11O19. The highest BCUT2D eigenvalue weighted by atomic mass is 16.6. The van der Waals surface area contributed by atoms with Gasteiger partial charge >= 0.3 is 53.7 Å². The van der Waals surface area contributed by atoms with Crippen LogP contribution >= 0.6 is 0 Å². The molecular weight excluding hydrogens is 1590 g/mol. The van der Waals surface area contributed by atoms with E-state index in [-0.39, 0.29) is 116 Å². The van der Waals surface area contributed by atoms with Gasteiger partial charge in [-0.3, -0.25) is 58.1 Å². The highest BCUT2D eigenvalue weighted by Crippen LogP contribution is 2.63. The molecule has 16 bridgehead atoms. The Bertz CT molecular complexity index is 5410. The second kappa shape index (κ2) is 38.7. The minimum atomic E-state index is -1.42. The molecule has 4 aromatic heterocycles. The first kappa shape index (κ1) is 93.1. The number of carboxylic acids is 1. The number of aromatic amines is 2. The number of carbonyl (C=O) groups is 9. The summed E-state index contributed by atoms with van der Waals surface area (Å²) in [5.41, 5.74) is 12.2. The first-order chi connectivity index (χ1) is 58.9. The highest BCUT2D eigenvalue weighted by Gasteiger charge is 2.67. The minimum Gasteiger partial charge on any atom is -0.481 e. The Morgan fingerprint density at radius 2 is 1.15 bits per heavy atom. The molecule has 4 aromatic rings. The average Bonchev–Trinajstić information content (AvgIpc) is 1.52. The van der Waals surface area contributed by atoms with E-state index < -0.39 is 111 Å². The number of rotatable bonds is 36. The van der Waals surface area contributed by atoms with Crippen LogP contribution in [0.3, 0.4) is 0 Å². The number of allylic oxidation sites excluding steroid dienone is 11. The Hall–Kier alpha value is -11.6. The fourth-order valence-corrected chi connectivity index (χ4v) is 19.7. The molecule has 1 saturated heterocycles. The number of aryl methyl sites for hydroxylation is 4. The summed E-state index contributed by atoms with van der Waals surface area (Å²) < 4.78 is 51.5. The lowest BCUT2D eigenvalue weighted by Gasteiger charge is -2.48. The van der Waals surface area contributed by atoms with Gasteiger partial charge in [-0.1, -0.05) is 65.1 Å². The lowest BCUT2D eigenvalue weighted by atomic mass is 9.56. The van der Waals surface area contributed by atoms with Crippen molar-refractivity contribution in [1.82, 2.24) is 40.2 Å². The normalized spacial score (nSPS) is 24.6. The number of nitrogens with one attached hydrogen (secondary N) is 3. The molecule has 7 aliphatic rings. The Labute approximate surface area is 723 Å². The molecule has 1 unspecified atom stereocenters. The number of aromatic nitrogens is 7. The van der Waals surface area contributed by atoms with Crippen molar-refractivity contribution >= 4 is 121 Å². The predicted molar refractivity (Wildman–Crippen MR) is 468 cm³/mol. The van der Waals surface area contributed by atoms with E-state index in [1.807, 2.05) is 120 Å². The number of fused-ring (bicyclic) bond motifs is 14. The van der Waals surface area contributed by atoms with Gasteiger partial charge in [0, 0.05) is 152 Å². The third kappa shape index (κ3) is 18.9. The number of H-pyrrole nitrogens is 2. The van der Waals surface area contributed by atoms with Crippen LogP contribution in [-0.2, 0) is 105 Å². The number of aliphatic imine (C=N–C) groups is 3. The van der Waals surface area contributed by atoms with Crippen molar-refractivity contribution in [3.8, 4) is 0 Å². The van der Waals surface area contributed by atoms with Crippen LogP contribution in [0.5, 0.6) is 0 Å². The number of carbonyl (C=O) groups excluding carboxylic acids is 8. The zero-order chi connectivity index (χ0) is 90.2.